The molecule has 0 spiro atoms. The number of primary amides is 1. The summed E-state index contributed by atoms with van der Waals surface area (Å²) in [7, 11) is 0. The van der Waals surface area contributed by atoms with Crippen molar-refractivity contribution in [1.82, 2.24) is 5.32 Å². The first-order valence-corrected chi connectivity index (χ1v) is 4.40. The average Bonchev–Trinajstić information content (AvgIpc) is 1.87. The number of halogens is 1. The summed E-state index contributed by atoms with van der Waals surface area (Å²) in [6.45, 7) is 0.334. The molecule has 4 nitrogen and oxygen atoms in total. The smallest absolute Gasteiger partial charge is 0.220 e. The lowest BCUT2D eigenvalue weighted by molar-refractivity contribution is -0.121. The summed E-state index contributed by atoms with van der Waals surface area (Å²) >= 11 is 3.12. The first kappa shape index (κ1) is 10.4. The fourth-order valence-corrected chi connectivity index (χ4v) is 0.859. The lowest BCUT2D eigenvalue weighted by Crippen LogP contribution is -2.27. The predicted molar refractivity (Wildman–Crippen MR) is 45.2 cm³/mol. The van der Waals surface area contributed by atoms with Crippen molar-refractivity contribution in [2.75, 3.05) is 11.9 Å². The molecule has 0 aliphatic carbocycles. The minimum atomic E-state index is -0.399. The molecule has 0 aromatic rings. The van der Waals surface area contributed by atoms with Gasteiger partial charge in [-0.15, -0.1) is 0 Å². The number of rotatable bonds is 5. The van der Waals surface area contributed by atoms with Crippen LogP contribution in [0, 0.1) is 0 Å². The van der Waals surface area contributed by atoms with E-state index in [0.717, 1.165) is 0 Å². The van der Waals surface area contributed by atoms with Gasteiger partial charge in [0.25, 0.3) is 0 Å². The minimum absolute atomic E-state index is 0.0666. The zero-order chi connectivity index (χ0) is 8.69. The maximum Gasteiger partial charge on any atom is 0.220 e. The van der Waals surface area contributed by atoms with Gasteiger partial charge in [0.2, 0.25) is 11.8 Å². The van der Waals surface area contributed by atoms with Crippen LogP contribution < -0.4 is 11.1 Å². The van der Waals surface area contributed by atoms with Crippen LogP contribution in [0.1, 0.15) is 12.8 Å². The van der Waals surface area contributed by atoms with E-state index in [2.05, 4.69) is 21.2 Å². The van der Waals surface area contributed by atoms with Gasteiger partial charge in [0.05, 0.1) is 0 Å². The number of nitrogens with one attached hydrogen (secondary N) is 1. The number of alkyl halides is 1. The largest absolute Gasteiger partial charge is 0.370 e. The Morgan fingerprint density at radius 3 is 2.45 bits per heavy atom. The molecule has 0 atom stereocenters. The van der Waals surface area contributed by atoms with Gasteiger partial charge < -0.3 is 11.1 Å². The van der Waals surface area contributed by atoms with Crippen LogP contribution in [0.2, 0.25) is 0 Å². The number of nitrogens with two attached hydrogens (primary N) is 1. The normalized spacial score (nSPS) is 9.18. The van der Waals surface area contributed by atoms with Crippen molar-refractivity contribution in [3.63, 3.8) is 0 Å². The van der Waals surface area contributed by atoms with Gasteiger partial charge in [0.1, 0.15) is 0 Å². The quantitative estimate of drug-likeness (QED) is 0.631. The monoisotopic (exact) mass is 222 g/mol. The molecular formula is C6H11BrN2O2. The second kappa shape index (κ2) is 6.15. The van der Waals surface area contributed by atoms with Crippen LogP contribution in [0.5, 0.6) is 0 Å². The van der Waals surface area contributed by atoms with Crippen molar-refractivity contribution in [3.8, 4) is 0 Å². The Morgan fingerprint density at radius 2 is 2.00 bits per heavy atom. The van der Waals surface area contributed by atoms with E-state index in [4.69, 9.17) is 5.73 Å². The first-order chi connectivity index (χ1) is 5.16. The molecule has 0 aliphatic heterocycles. The second-order valence-corrected chi connectivity index (χ2v) is 2.80. The van der Waals surface area contributed by atoms with Gasteiger partial charge in [-0.3, -0.25) is 9.59 Å². The van der Waals surface area contributed by atoms with Crippen molar-refractivity contribution in [2.45, 2.75) is 12.8 Å². The molecule has 5 heteroatoms. The molecule has 0 saturated carbocycles. The number of amides is 2. The van der Waals surface area contributed by atoms with Crippen molar-refractivity contribution in [3.05, 3.63) is 0 Å². The molecule has 0 radical (unpaired) electrons. The van der Waals surface area contributed by atoms with Gasteiger partial charge in [-0.25, -0.2) is 0 Å². The Bertz CT molecular complexity index is 150. The van der Waals surface area contributed by atoms with Gasteiger partial charge in [-0.2, -0.15) is 0 Å². The minimum Gasteiger partial charge on any atom is -0.370 e. The third-order valence-electron chi connectivity index (χ3n) is 1.02. The summed E-state index contributed by atoms with van der Waals surface area (Å²) in [5, 5.41) is 3.18. The summed E-state index contributed by atoms with van der Waals surface area (Å²) in [6, 6.07) is 0. The highest BCUT2D eigenvalue weighted by Gasteiger charge is 1.99. The van der Waals surface area contributed by atoms with Crippen LogP contribution in [0.3, 0.4) is 0 Å². The molecule has 0 rings (SSSR count). The van der Waals surface area contributed by atoms with E-state index >= 15 is 0 Å². The lowest BCUT2D eigenvalue weighted by atomic mass is 10.4. The molecular weight excluding hydrogens is 212 g/mol. The second-order valence-electron chi connectivity index (χ2n) is 2.01. The summed E-state index contributed by atoms with van der Waals surface area (Å²) < 4.78 is 0. The van der Waals surface area contributed by atoms with E-state index in [9.17, 15) is 9.59 Å². The van der Waals surface area contributed by atoms with Crippen molar-refractivity contribution in [2.24, 2.45) is 5.73 Å². The molecule has 3 N–H and O–H groups in total. The topological polar surface area (TPSA) is 72.2 Å². The van der Waals surface area contributed by atoms with Crippen molar-refractivity contribution < 1.29 is 9.59 Å². The molecule has 0 aliphatic rings. The van der Waals surface area contributed by atoms with Crippen LogP contribution in [0.4, 0.5) is 0 Å². The van der Waals surface area contributed by atoms with Crippen molar-refractivity contribution in [1.29, 1.82) is 0 Å². The molecule has 0 aromatic carbocycles. The molecule has 11 heavy (non-hydrogen) atoms. The Morgan fingerprint density at radius 1 is 1.36 bits per heavy atom. The highest BCUT2D eigenvalue weighted by molar-refractivity contribution is 9.09. The van der Waals surface area contributed by atoms with Gasteiger partial charge in [0, 0.05) is 24.7 Å². The third kappa shape index (κ3) is 7.32. The Balaban J connectivity index is 3.24. The van der Waals surface area contributed by atoms with Gasteiger partial charge in [-0.05, 0) is 0 Å². The SMILES string of the molecule is NC(=O)CCNC(=O)CCBr. The zero-order valence-corrected chi connectivity index (χ0v) is 7.69. The van der Waals surface area contributed by atoms with Gasteiger partial charge in [0.15, 0.2) is 0 Å². The Labute approximate surface area is 73.6 Å². The summed E-state index contributed by atoms with van der Waals surface area (Å²) in [5.74, 6) is -0.465. The summed E-state index contributed by atoms with van der Waals surface area (Å²) in [4.78, 5) is 20.9. The molecule has 2 amide bonds. The van der Waals surface area contributed by atoms with Crippen LogP contribution in [0.25, 0.3) is 0 Å². The first-order valence-electron chi connectivity index (χ1n) is 3.27. The predicted octanol–water partition coefficient (Wildman–Crippen LogP) is -0.237. The van der Waals surface area contributed by atoms with E-state index in [0.29, 0.717) is 18.3 Å². The van der Waals surface area contributed by atoms with Gasteiger partial charge in [-0.1, -0.05) is 15.9 Å². The number of carbonyl (C=O) groups excluding carboxylic acids is 2. The lowest BCUT2D eigenvalue weighted by Gasteiger charge is -2.00. The van der Waals surface area contributed by atoms with Crippen LogP contribution in [0.15, 0.2) is 0 Å². The molecule has 0 fully saturated rings. The van der Waals surface area contributed by atoms with Crippen LogP contribution in [-0.2, 0) is 9.59 Å². The highest BCUT2D eigenvalue weighted by Crippen LogP contribution is 1.86. The molecule has 0 saturated heterocycles. The van der Waals surface area contributed by atoms with E-state index < -0.39 is 5.91 Å². The Kier molecular flexibility index (Phi) is 5.83. The maximum atomic E-state index is 10.7. The number of hydrogen-bond acceptors (Lipinski definition) is 2. The van der Waals surface area contributed by atoms with E-state index in [-0.39, 0.29) is 12.3 Å². The fraction of sp³-hybridized carbons (Fsp3) is 0.667. The number of carbonyl (C=O) groups is 2. The fourth-order valence-electron chi connectivity index (χ4n) is 0.499. The molecule has 0 unspecified atom stereocenters. The van der Waals surface area contributed by atoms with E-state index in [1.807, 2.05) is 0 Å². The van der Waals surface area contributed by atoms with E-state index in [1.165, 1.54) is 0 Å². The van der Waals surface area contributed by atoms with E-state index in [1.54, 1.807) is 0 Å². The summed E-state index contributed by atoms with van der Waals surface area (Å²) in [6.07, 6.45) is 0.632. The highest BCUT2D eigenvalue weighted by atomic mass is 79.9. The molecule has 0 heterocycles. The summed E-state index contributed by atoms with van der Waals surface area (Å²) in [5.41, 5.74) is 4.85. The van der Waals surface area contributed by atoms with Crippen molar-refractivity contribution >= 4 is 27.7 Å². The molecule has 0 bridgehead atoms. The van der Waals surface area contributed by atoms with Crippen LogP contribution in [-0.4, -0.2) is 23.7 Å². The average molecular weight is 223 g/mol. The zero-order valence-electron chi connectivity index (χ0n) is 6.10. The third-order valence-corrected chi connectivity index (χ3v) is 1.41. The standard InChI is InChI=1S/C6H11BrN2O2/c7-3-1-6(11)9-4-2-5(8)10/h1-4H2,(H2,8,10)(H,9,11). The number of hydrogen-bond donors (Lipinski definition) is 2. The maximum absolute atomic E-state index is 10.7. The van der Waals surface area contributed by atoms with Crippen LogP contribution >= 0.6 is 15.9 Å². The molecule has 64 valence electrons. The molecule has 0 aromatic heterocycles. The Hall–Kier alpha value is -0.580. The van der Waals surface area contributed by atoms with Gasteiger partial charge >= 0.3 is 0 Å².